The molecule has 17 heavy (non-hydrogen) atoms. The van der Waals surface area contributed by atoms with Gasteiger partial charge in [-0.2, -0.15) is 0 Å². The van der Waals surface area contributed by atoms with Gasteiger partial charge in [-0.15, -0.1) is 0 Å². The van der Waals surface area contributed by atoms with Crippen LogP contribution in [0, 0.1) is 0 Å². The van der Waals surface area contributed by atoms with Crippen LogP contribution in [0.5, 0.6) is 0 Å². The van der Waals surface area contributed by atoms with Crippen molar-refractivity contribution in [3.8, 4) is 0 Å². The van der Waals surface area contributed by atoms with Crippen LogP contribution in [0.25, 0.3) is 0 Å². The Morgan fingerprint density at radius 1 is 1.24 bits per heavy atom. The SMILES string of the molecule is CC(C)(C)c1ccc(C2(CC(=O)O)CC2)cc1. The normalized spacial score (nSPS) is 17.8. The molecule has 2 rings (SSSR count). The molecule has 1 aromatic rings. The lowest BCUT2D eigenvalue weighted by Gasteiger charge is -2.20. The second kappa shape index (κ2) is 3.86. The molecule has 0 bridgehead atoms. The first kappa shape index (κ1) is 12.2. The van der Waals surface area contributed by atoms with E-state index in [4.69, 9.17) is 5.11 Å². The quantitative estimate of drug-likeness (QED) is 0.866. The van der Waals surface area contributed by atoms with Gasteiger partial charge in [0, 0.05) is 5.41 Å². The van der Waals surface area contributed by atoms with Crippen LogP contribution in [0.2, 0.25) is 0 Å². The Balaban J connectivity index is 2.22. The summed E-state index contributed by atoms with van der Waals surface area (Å²) in [6.07, 6.45) is 2.28. The summed E-state index contributed by atoms with van der Waals surface area (Å²) in [4.78, 5) is 10.9. The Bertz CT molecular complexity index is 419. The van der Waals surface area contributed by atoms with E-state index in [0.717, 1.165) is 12.8 Å². The lowest BCUT2D eigenvalue weighted by Crippen LogP contribution is -2.14. The summed E-state index contributed by atoms with van der Waals surface area (Å²) in [6.45, 7) is 6.56. The molecular weight excluding hydrogens is 212 g/mol. The minimum atomic E-state index is -0.692. The van der Waals surface area contributed by atoms with Crippen molar-refractivity contribution < 1.29 is 9.90 Å². The molecule has 1 aliphatic carbocycles. The second-order valence-electron chi connectivity index (χ2n) is 6.18. The van der Waals surface area contributed by atoms with Gasteiger partial charge >= 0.3 is 5.97 Å². The third-order valence-electron chi connectivity index (χ3n) is 3.71. The van der Waals surface area contributed by atoms with Crippen molar-refractivity contribution in [1.29, 1.82) is 0 Å². The molecule has 0 atom stereocenters. The monoisotopic (exact) mass is 232 g/mol. The van der Waals surface area contributed by atoms with Crippen molar-refractivity contribution >= 4 is 5.97 Å². The smallest absolute Gasteiger partial charge is 0.304 e. The summed E-state index contributed by atoms with van der Waals surface area (Å²) >= 11 is 0. The number of rotatable bonds is 3. The van der Waals surface area contributed by atoms with E-state index >= 15 is 0 Å². The fourth-order valence-electron chi connectivity index (χ4n) is 2.33. The molecule has 0 radical (unpaired) electrons. The van der Waals surface area contributed by atoms with E-state index in [1.807, 2.05) is 0 Å². The van der Waals surface area contributed by atoms with Gasteiger partial charge in [-0.1, -0.05) is 45.0 Å². The molecule has 1 saturated carbocycles. The predicted molar refractivity (Wildman–Crippen MR) is 68.3 cm³/mol. The summed E-state index contributed by atoms with van der Waals surface area (Å²) < 4.78 is 0. The standard InChI is InChI=1S/C15H20O2/c1-14(2,3)11-4-6-12(7-5-11)15(8-9-15)10-13(16)17/h4-7H,8-10H2,1-3H3,(H,16,17). The first-order valence-corrected chi connectivity index (χ1v) is 6.16. The molecule has 0 spiro atoms. The van der Waals surface area contributed by atoms with Crippen molar-refractivity contribution in [2.75, 3.05) is 0 Å². The zero-order chi connectivity index (χ0) is 12.7. The van der Waals surface area contributed by atoms with Gasteiger partial charge in [-0.25, -0.2) is 0 Å². The minimum Gasteiger partial charge on any atom is -0.481 e. The Hall–Kier alpha value is -1.31. The maximum atomic E-state index is 10.9. The largest absolute Gasteiger partial charge is 0.481 e. The third kappa shape index (κ3) is 2.51. The highest BCUT2D eigenvalue weighted by Crippen LogP contribution is 2.51. The van der Waals surface area contributed by atoms with Crippen LogP contribution in [-0.2, 0) is 15.6 Å². The van der Waals surface area contributed by atoms with Gasteiger partial charge in [0.1, 0.15) is 0 Å². The van der Waals surface area contributed by atoms with E-state index in [1.54, 1.807) is 0 Å². The number of carboxylic acids is 1. The summed E-state index contributed by atoms with van der Waals surface area (Å²) in [6, 6.07) is 8.49. The molecule has 1 aromatic carbocycles. The lowest BCUT2D eigenvalue weighted by molar-refractivity contribution is -0.137. The molecule has 1 N–H and O–H groups in total. The molecule has 2 nitrogen and oxygen atoms in total. The van der Waals surface area contributed by atoms with Crippen LogP contribution in [-0.4, -0.2) is 11.1 Å². The van der Waals surface area contributed by atoms with Gasteiger partial charge < -0.3 is 5.11 Å². The van der Waals surface area contributed by atoms with Crippen molar-refractivity contribution in [3.63, 3.8) is 0 Å². The van der Waals surface area contributed by atoms with Crippen LogP contribution >= 0.6 is 0 Å². The Kier molecular flexibility index (Phi) is 2.76. The van der Waals surface area contributed by atoms with Gasteiger partial charge in [-0.3, -0.25) is 4.79 Å². The fourth-order valence-corrected chi connectivity index (χ4v) is 2.33. The maximum absolute atomic E-state index is 10.9. The molecule has 0 heterocycles. The van der Waals surface area contributed by atoms with E-state index in [2.05, 4.69) is 45.0 Å². The maximum Gasteiger partial charge on any atom is 0.304 e. The fraction of sp³-hybridized carbons (Fsp3) is 0.533. The van der Waals surface area contributed by atoms with Crippen molar-refractivity contribution in [2.24, 2.45) is 0 Å². The highest BCUT2D eigenvalue weighted by Gasteiger charge is 2.45. The number of hydrogen-bond donors (Lipinski definition) is 1. The van der Waals surface area contributed by atoms with Crippen molar-refractivity contribution in [1.82, 2.24) is 0 Å². The Labute approximate surface area is 103 Å². The van der Waals surface area contributed by atoms with Gasteiger partial charge in [-0.05, 0) is 29.4 Å². The number of hydrogen-bond acceptors (Lipinski definition) is 1. The summed E-state index contributed by atoms with van der Waals surface area (Å²) in [5, 5.41) is 8.93. The molecule has 0 saturated heterocycles. The molecule has 0 amide bonds. The molecule has 2 heteroatoms. The predicted octanol–water partition coefficient (Wildman–Crippen LogP) is 3.49. The summed E-state index contributed by atoms with van der Waals surface area (Å²) in [5.74, 6) is -0.692. The Morgan fingerprint density at radius 2 is 1.76 bits per heavy atom. The zero-order valence-corrected chi connectivity index (χ0v) is 10.8. The van der Waals surface area contributed by atoms with Crippen LogP contribution in [0.15, 0.2) is 24.3 Å². The number of carboxylic acid groups (broad SMARTS) is 1. The zero-order valence-electron chi connectivity index (χ0n) is 10.8. The van der Waals surface area contributed by atoms with E-state index in [9.17, 15) is 4.79 Å². The highest BCUT2D eigenvalue weighted by atomic mass is 16.4. The van der Waals surface area contributed by atoms with Crippen LogP contribution < -0.4 is 0 Å². The average molecular weight is 232 g/mol. The second-order valence-corrected chi connectivity index (χ2v) is 6.18. The van der Waals surface area contributed by atoms with Crippen LogP contribution in [0.4, 0.5) is 0 Å². The average Bonchev–Trinajstić information content (AvgIpc) is 2.97. The molecule has 0 unspecified atom stereocenters. The van der Waals surface area contributed by atoms with Crippen molar-refractivity contribution in [2.45, 2.75) is 50.9 Å². The van der Waals surface area contributed by atoms with E-state index < -0.39 is 5.97 Å². The minimum absolute atomic E-state index is 0.0672. The molecule has 0 aromatic heterocycles. The van der Waals surface area contributed by atoms with E-state index in [0.29, 0.717) is 0 Å². The molecule has 92 valence electrons. The first-order chi connectivity index (χ1) is 7.83. The molecule has 1 fully saturated rings. The van der Waals surface area contributed by atoms with Gasteiger partial charge in [0.2, 0.25) is 0 Å². The Morgan fingerprint density at radius 3 is 2.12 bits per heavy atom. The van der Waals surface area contributed by atoms with Crippen LogP contribution in [0.3, 0.4) is 0 Å². The van der Waals surface area contributed by atoms with E-state index in [1.165, 1.54) is 11.1 Å². The number of carbonyl (C=O) groups is 1. The molecular formula is C15H20O2. The van der Waals surface area contributed by atoms with Gasteiger partial charge in [0.05, 0.1) is 6.42 Å². The number of aliphatic carboxylic acids is 1. The summed E-state index contributed by atoms with van der Waals surface area (Å²) in [5.41, 5.74) is 2.57. The highest BCUT2D eigenvalue weighted by molar-refractivity contribution is 5.70. The number of benzene rings is 1. The van der Waals surface area contributed by atoms with E-state index in [-0.39, 0.29) is 17.3 Å². The van der Waals surface area contributed by atoms with Gasteiger partial charge in [0.15, 0.2) is 0 Å². The summed E-state index contributed by atoms with van der Waals surface area (Å²) in [7, 11) is 0. The van der Waals surface area contributed by atoms with Crippen LogP contribution in [0.1, 0.15) is 51.2 Å². The van der Waals surface area contributed by atoms with Crippen molar-refractivity contribution in [3.05, 3.63) is 35.4 Å². The lowest BCUT2D eigenvalue weighted by atomic mass is 9.84. The molecule has 0 aliphatic heterocycles. The third-order valence-corrected chi connectivity index (χ3v) is 3.71. The first-order valence-electron chi connectivity index (χ1n) is 6.16. The topological polar surface area (TPSA) is 37.3 Å². The molecule has 1 aliphatic rings. The van der Waals surface area contributed by atoms with Gasteiger partial charge in [0.25, 0.3) is 0 Å².